The van der Waals surface area contributed by atoms with Crippen LogP contribution in [0.5, 0.6) is 0 Å². The SMILES string of the molecule is CCc1ncc(Br)cc1NS(=O)(=O)c1ccc(F)cc1F. The predicted octanol–water partition coefficient (Wildman–Crippen LogP) is 3.49. The van der Waals surface area contributed by atoms with Crippen molar-refractivity contribution in [2.75, 3.05) is 4.72 Å². The third-order valence-corrected chi connectivity index (χ3v) is 4.53. The van der Waals surface area contributed by atoms with Crippen LogP contribution in [0, 0.1) is 11.6 Å². The number of aromatic nitrogens is 1. The fourth-order valence-corrected chi connectivity index (χ4v) is 3.20. The molecular formula is C13H11BrF2N2O2S. The lowest BCUT2D eigenvalue weighted by Gasteiger charge is -2.12. The van der Waals surface area contributed by atoms with Gasteiger partial charge in [0.2, 0.25) is 0 Å². The Bertz CT molecular complexity index is 782. The standard InChI is InChI=1S/C13H11BrF2N2O2S/c1-2-11-12(5-8(14)7-17-11)18-21(19,20)13-4-3-9(15)6-10(13)16/h3-7,18H,2H2,1H3. The second-order valence-electron chi connectivity index (χ2n) is 4.18. The number of anilines is 1. The van der Waals surface area contributed by atoms with Crippen LogP contribution in [0.4, 0.5) is 14.5 Å². The quantitative estimate of drug-likeness (QED) is 0.888. The van der Waals surface area contributed by atoms with Crippen molar-refractivity contribution in [3.05, 3.63) is 52.3 Å². The molecule has 0 saturated heterocycles. The summed E-state index contributed by atoms with van der Waals surface area (Å²) in [5.41, 5.74) is 0.764. The molecule has 112 valence electrons. The zero-order valence-corrected chi connectivity index (χ0v) is 13.3. The van der Waals surface area contributed by atoms with Crippen molar-refractivity contribution in [1.82, 2.24) is 4.98 Å². The molecule has 0 unspecified atom stereocenters. The summed E-state index contributed by atoms with van der Waals surface area (Å²) in [5, 5.41) is 0. The molecule has 0 aliphatic rings. The summed E-state index contributed by atoms with van der Waals surface area (Å²) in [6, 6.07) is 3.82. The number of benzene rings is 1. The van der Waals surface area contributed by atoms with Gasteiger partial charge in [0.15, 0.2) is 0 Å². The molecule has 0 aliphatic carbocycles. The highest BCUT2D eigenvalue weighted by Crippen LogP contribution is 2.24. The fourth-order valence-electron chi connectivity index (χ4n) is 1.73. The van der Waals surface area contributed by atoms with E-state index in [1.54, 1.807) is 0 Å². The minimum absolute atomic E-state index is 0.246. The summed E-state index contributed by atoms with van der Waals surface area (Å²) in [6.07, 6.45) is 2.03. The first-order valence-corrected chi connectivity index (χ1v) is 8.23. The van der Waals surface area contributed by atoms with Gasteiger partial charge in [-0.1, -0.05) is 6.92 Å². The van der Waals surface area contributed by atoms with Gasteiger partial charge in [0.25, 0.3) is 10.0 Å². The Morgan fingerprint density at radius 3 is 2.62 bits per heavy atom. The number of hydrogen-bond donors (Lipinski definition) is 1. The average molecular weight is 377 g/mol. The molecule has 0 saturated carbocycles. The molecule has 0 aliphatic heterocycles. The zero-order chi connectivity index (χ0) is 15.6. The number of pyridine rings is 1. The van der Waals surface area contributed by atoms with Gasteiger partial charge in [-0.05, 0) is 40.5 Å². The Hall–Kier alpha value is -1.54. The summed E-state index contributed by atoms with van der Waals surface area (Å²) in [7, 11) is -4.16. The maximum atomic E-state index is 13.6. The largest absolute Gasteiger partial charge is 0.278 e. The average Bonchev–Trinajstić information content (AvgIpc) is 2.37. The van der Waals surface area contributed by atoms with Gasteiger partial charge in [0.1, 0.15) is 16.5 Å². The molecule has 8 heteroatoms. The van der Waals surface area contributed by atoms with E-state index in [0.717, 1.165) is 12.1 Å². The number of rotatable bonds is 4. The molecule has 1 aromatic carbocycles. The zero-order valence-electron chi connectivity index (χ0n) is 10.9. The van der Waals surface area contributed by atoms with E-state index >= 15 is 0 Å². The van der Waals surface area contributed by atoms with Crippen molar-refractivity contribution >= 4 is 31.6 Å². The van der Waals surface area contributed by atoms with Crippen molar-refractivity contribution < 1.29 is 17.2 Å². The van der Waals surface area contributed by atoms with Gasteiger partial charge < -0.3 is 0 Å². The third kappa shape index (κ3) is 3.56. The van der Waals surface area contributed by atoms with Crippen molar-refractivity contribution in [2.24, 2.45) is 0 Å². The molecule has 21 heavy (non-hydrogen) atoms. The molecule has 0 bridgehead atoms. The molecule has 0 spiro atoms. The van der Waals surface area contributed by atoms with Crippen LogP contribution in [-0.2, 0) is 16.4 Å². The van der Waals surface area contributed by atoms with E-state index in [9.17, 15) is 17.2 Å². The van der Waals surface area contributed by atoms with Crippen molar-refractivity contribution in [3.63, 3.8) is 0 Å². The lowest BCUT2D eigenvalue weighted by Crippen LogP contribution is -2.16. The Morgan fingerprint density at radius 1 is 1.29 bits per heavy atom. The molecule has 1 aromatic heterocycles. The summed E-state index contributed by atoms with van der Waals surface area (Å²) in [4.78, 5) is 3.46. The van der Waals surface area contributed by atoms with Crippen molar-refractivity contribution in [1.29, 1.82) is 0 Å². The monoisotopic (exact) mass is 376 g/mol. The first-order valence-electron chi connectivity index (χ1n) is 5.96. The number of nitrogens with zero attached hydrogens (tertiary/aromatic N) is 1. The Labute approximate surface area is 129 Å². The summed E-state index contributed by atoms with van der Waals surface area (Å²) in [5.74, 6) is -1.99. The lowest BCUT2D eigenvalue weighted by molar-refractivity contribution is 0.551. The summed E-state index contributed by atoms with van der Waals surface area (Å²) in [6.45, 7) is 1.81. The second-order valence-corrected chi connectivity index (χ2v) is 6.75. The molecule has 1 N–H and O–H groups in total. The van der Waals surface area contributed by atoms with Crippen LogP contribution in [0.3, 0.4) is 0 Å². The first-order chi connectivity index (χ1) is 9.83. The van der Waals surface area contributed by atoms with Crippen LogP contribution in [0.1, 0.15) is 12.6 Å². The topological polar surface area (TPSA) is 59.1 Å². The Balaban J connectivity index is 2.44. The number of sulfonamides is 1. The molecule has 0 radical (unpaired) electrons. The molecule has 0 fully saturated rings. The van der Waals surface area contributed by atoms with E-state index in [1.807, 2.05) is 6.92 Å². The summed E-state index contributed by atoms with van der Waals surface area (Å²) >= 11 is 3.19. The van der Waals surface area contributed by atoms with Gasteiger partial charge in [-0.25, -0.2) is 17.2 Å². The van der Waals surface area contributed by atoms with Gasteiger partial charge in [-0.2, -0.15) is 0 Å². The van der Waals surface area contributed by atoms with Crippen LogP contribution in [0.15, 0.2) is 39.8 Å². The predicted molar refractivity (Wildman–Crippen MR) is 78.5 cm³/mol. The highest BCUT2D eigenvalue weighted by atomic mass is 79.9. The van der Waals surface area contributed by atoms with Gasteiger partial charge in [0, 0.05) is 16.7 Å². The van der Waals surface area contributed by atoms with E-state index in [1.165, 1.54) is 12.3 Å². The maximum Gasteiger partial charge on any atom is 0.264 e. The van der Waals surface area contributed by atoms with Crippen LogP contribution in [0.2, 0.25) is 0 Å². The van der Waals surface area contributed by atoms with Gasteiger partial charge in [-0.15, -0.1) is 0 Å². The molecule has 0 atom stereocenters. The highest BCUT2D eigenvalue weighted by Gasteiger charge is 2.21. The maximum absolute atomic E-state index is 13.6. The van der Waals surface area contributed by atoms with Crippen LogP contribution in [0.25, 0.3) is 0 Å². The number of aryl methyl sites for hydroxylation is 1. The van der Waals surface area contributed by atoms with E-state index in [-0.39, 0.29) is 5.69 Å². The first kappa shape index (κ1) is 15.8. The van der Waals surface area contributed by atoms with E-state index in [4.69, 9.17) is 0 Å². The highest BCUT2D eigenvalue weighted by molar-refractivity contribution is 9.10. The van der Waals surface area contributed by atoms with Crippen molar-refractivity contribution in [2.45, 2.75) is 18.2 Å². The minimum atomic E-state index is -4.16. The third-order valence-electron chi connectivity index (χ3n) is 2.70. The van der Waals surface area contributed by atoms with E-state index in [0.29, 0.717) is 22.7 Å². The fraction of sp³-hybridized carbons (Fsp3) is 0.154. The van der Waals surface area contributed by atoms with Crippen LogP contribution >= 0.6 is 15.9 Å². The normalized spacial score (nSPS) is 11.4. The van der Waals surface area contributed by atoms with Gasteiger partial charge >= 0.3 is 0 Å². The van der Waals surface area contributed by atoms with Crippen molar-refractivity contribution in [3.8, 4) is 0 Å². The molecule has 1 heterocycles. The van der Waals surface area contributed by atoms with E-state index < -0.39 is 26.6 Å². The number of nitrogens with one attached hydrogen (secondary N) is 1. The number of halogens is 3. The Kier molecular flexibility index (Phi) is 4.58. The molecular weight excluding hydrogens is 366 g/mol. The van der Waals surface area contributed by atoms with E-state index in [2.05, 4.69) is 25.6 Å². The smallest absolute Gasteiger partial charge is 0.264 e. The Morgan fingerprint density at radius 2 is 2.00 bits per heavy atom. The molecule has 2 aromatic rings. The van der Waals surface area contributed by atoms with Gasteiger partial charge in [0.05, 0.1) is 11.4 Å². The van der Waals surface area contributed by atoms with Crippen LogP contribution < -0.4 is 4.72 Å². The minimum Gasteiger partial charge on any atom is -0.278 e. The second kappa shape index (κ2) is 6.07. The molecule has 4 nitrogen and oxygen atoms in total. The van der Waals surface area contributed by atoms with Gasteiger partial charge in [-0.3, -0.25) is 9.71 Å². The number of hydrogen-bond acceptors (Lipinski definition) is 3. The molecule has 2 rings (SSSR count). The summed E-state index contributed by atoms with van der Waals surface area (Å²) < 4.78 is 53.7. The molecule has 0 amide bonds. The lowest BCUT2D eigenvalue weighted by atomic mass is 10.2. The van der Waals surface area contributed by atoms with Crippen LogP contribution in [-0.4, -0.2) is 13.4 Å².